The van der Waals surface area contributed by atoms with Crippen LogP contribution in [0, 0.1) is 0 Å². The molecule has 0 bridgehead atoms. The van der Waals surface area contributed by atoms with E-state index in [0.717, 1.165) is 12.8 Å². The Kier molecular flexibility index (Phi) is 30.3. The highest BCUT2D eigenvalue weighted by atomic mass is 31.2. The third-order valence-electron chi connectivity index (χ3n) is 5.25. The second kappa shape index (κ2) is 26.1. The number of quaternary nitrogens is 2. The number of phosphoric ester groups is 1. The Morgan fingerprint density at radius 2 is 0.759 bits per heavy atom. The predicted octanol–water partition coefficient (Wildman–Crippen LogP) is 7.41. The summed E-state index contributed by atoms with van der Waals surface area (Å²) < 4.78 is 14.5. The van der Waals surface area contributed by atoms with Crippen LogP contribution in [-0.2, 0) is 9.09 Å². The molecule has 0 rings (SSSR count). The van der Waals surface area contributed by atoms with Gasteiger partial charge >= 0.3 is 0 Å². The molecule has 8 N–H and O–H groups in total. The Labute approximate surface area is 181 Å². The molecule has 0 amide bonds. The fourth-order valence-electron chi connectivity index (χ4n) is 3.53. The second-order valence-corrected chi connectivity index (χ2v) is 9.15. The van der Waals surface area contributed by atoms with Crippen LogP contribution in [0.3, 0.4) is 0 Å². The van der Waals surface area contributed by atoms with Gasteiger partial charge in [0.25, 0.3) is 0 Å². The molecule has 0 aliphatic carbocycles. The van der Waals surface area contributed by atoms with Crippen LogP contribution in [0.1, 0.15) is 135 Å². The molecule has 0 spiro atoms. The van der Waals surface area contributed by atoms with Crippen molar-refractivity contribution in [2.45, 2.75) is 135 Å². The lowest BCUT2D eigenvalue weighted by molar-refractivity contribution is -0.341. The van der Waals surface area contributed by atoms with Crippen molar-refractivity contribution in [3.05, 3.63) is 0 Å². The van der Waals surface area contributed by atoms with Gasteiger partial charge in [0.15, 0.2) is 0 Å². The monoisotopic (exact) mass is 440 g/mol. The zero-order valence-corrected chi connectivity index (χ0v) is 20.8. The molecule has 0 saturated carbocycles. The van der Waals surface area contributed by atoms with Crippen molar-refractivity contribution in [3.63, 3.8) is 0 Å². The number of unbranched alkanes of at least 4 members (excludes halogenated alkanes) is 19. The van der Waals surface area contributed by atoms with Gasteiger partial charge in [-0.25, -0.2) is 0 Å². The van der Waals surface area contributed by atoms with Crippen LogP contribution in [0.2, 0.25) is 0 Å². The first-order valence-corrected chi connectivity index (χ1v) is 13.2. The third kappa shape index (κ3) is 32.9. The Bertz CT molecular complexity index is 341. The van der Waals surface area contributed by atoms with E-state index in [-0.39, 0.29) is 18.9 Å². The molecule has 0 unspecified atom stereocenters. The lowest BCUT2D eigenvalue weighted by Crippen LogP contribution is -2.16. The standard InChI is InChI=1S/C22H47O4P.2H3N/c1-2-3-4-5-6-7-8-9-10-11-12-13-14-15-16-17-18-19-20-21-22-26-27(23,24)25;;/h2-22H2,1H3,(H2,23,24,25);2*1H3. The SMILES string of the molecule is CCCCCCCCCCCCCCCCCCCCCCOP(=O)([O-])[O-].[NH4+].[NH4+]. The van der Waals surface area contributed by atoms with Crippen molar-refractivity contribution in [3.8, 4) is 0 Å². The first-order valence-electron chi connectivity index (χ1n) is 11.7. The van der Waals surface area contributed by atoms with Crippen molar-refractivity contribution in [2.24, 2.45) is 0 Å². The van der Waals surface area contributed by atoms with Crippen molar-refractivity contribution in [1.82, 2.24) is 12.3 Å². The van der Waals surface area contributed by atoms with Gasteiger partial charge < -0.3 is 31.2 Å². The highest BCUT2D eigenvalue weighted by Crippen LogP contribution is 2.24. The molecule has 0 aliphatic rings. The smallest absolute Gasteiger partial charge is 0.0596 e. The van der Waals surface area contributed by atoms with Crippen LogP contribution in [0.5, 0.6) is 0 Å². The minimum absolute atomic E-state index is 0. The Balaban J connectivity index is -0.00000338. The second-order valence-electron chi connectivity index (χ2n) is 8.00. The maximum atomic E-state index is 10.3. The van der Waals surface area contributed by atoms with Gasteiger partial charge in [-0.05, 0) is 6.42 Å². The van der Waals surface area contributed by atoms with Gasteiger partial charge in [0.05, 0.1) is 14.4 Å². The van der Waals surface area contributed by atoms with Gasteiger partial charge in [-0.2, -0.15) is 0 Å². The lowest BCUT2D eigenvalue weighted by atomic mass is 10.0. The summed E-state index contributed by atoms with van der Waals surface area (Å²) in [4.78, 5) is 20.6. The van der Waals surface area contributed by atoms with Crippen LogP contribution >= 0.6 is 7.82 Å². The molecule has 0 aromatic heterocycles. The average molecular weight is 441 g/mol. The quantitative estimate of drug-likeness (QED) is 0.133. The van der Waals surface area contributed by atoms with Crippen LogP contribution in [0.4, 0.5) is 0 Å². The summed E-state index contributed by atoms with van der Waals surface area (Å²) in [5.74, 6) is 0. The molecule has 0 saturated heterocycles. The van der Waals surface area contributed by atoms with Crippen molar-refractivity contribution in [1.29, 1.82) is 0 Å². The van der Waals surface area contributed by atoms with Crippen LogP contribution in [0.15, 0.2) is 0 Å². The molecule has 6 nitrogen and oxygen atoms in total. The maximum Gasteiger partial charge on any atom is 0.0596 e. The summed E-state index contributed by atoms with van der Waals surface area (Å²) in [6.07, 6.45) is 26.2. The lowest BCUT2D eigenvalue weighted by Gasteiger charge is -2.28. The fraction of sp³-hybridized carbons (Fsp3) is 1.00. The van der Waals surface area contributed by atoms with Crippen LogP contribution < -0.4 is 22.1 Å². The van der Waals surface area contributed by atoms with Crippen LogP contribution in [-0.4, -0.2) is 6.61 Å². The Hall–Kier alpha value is 0.0300. The summed E-state index contributed by atoms with van der Waals surface area (Å²) in [5, 5.41) is 0. The number of hydrogen-bond donors (Lipinski definition) is 2. The molecule has 0 aromatic rings. The Morgan fingerprint density at radius 1 is 0.517 bits per heavy atom. The zero-order chi connectivity index (χ0) is 20.1. The van der Waals surface area contributed by atoms with E-state index in [1.807, 2.05) is 0 Å². The van der Waals surface area contributed by atoms with Gasteiger partial charge in [-0.3, -0.25) is 0 Å². The maximum absolute atomic E-state index is 10.3. The molecule has 0 heterocycles. The molecule has 29 heavy (non-hydrogen) atoms. The van der Waals surface area contributed by atoms with E-state index in [1.54, 1.807) is 0 Å². The summed E-state index contributed by atoms with van der Waals surface area (Å²) in [5.41, 5.74) is 0. The molecule has 180 valence electrons. The topological polar surface area (TPSA) is 145 Å². The largest absolute Gasteiger partial charge is 0.790 e. The highest BCUT2D eigenvalue weighted by Gasteiger charge is 1.96. The summed E-state index contributed by atoms with van der Waals surface area (Å²) in [6, 6.07) is 0. The van der Waals surface area contributed by atoms with E-state index in [2.05, 4.69) is 11.4 Å². The van der Waals surface area contributed by atoms with Gasteiger partial charge in [-0.1, -0.05) is 129 Å². The first kappa shape index (κ1) is 33.7. The fourth-order valence-corrected chi connectivity index (χ4v) is 3.89. The van der Waals surface area contributed by atoms with Crippen molar-refractivity contribution in [2.75, 3.05) is 6.61 Å². The number of phosphoric acid groups is 1. The molecular formula is C22H53N2O4P. The van der Waals surface area contributed by atoms with Gasteiger partial charge in [0.1, 0.15) is 0 Å². The molecule has 0 atom stereocenters. The van der Waals surface area contributed by atoms with E-state index in [9.17, 15) is 14.4 Å². The van der Waals surface area contributed by atoms with E-state index < -0.39 is 7.82 Å². The molecule has 7 heteroatoms. The minimum Gasteiger partial charge on any atom is -0.790 e. The molecule has 0 aromatic carbocycles. The Morgan fingerprint density at radius 3 is 1.00 bits per heavy atom. The van der Waals surface area contributed by atoms with Gasteiger partial charge in [-0.15, -0.1) is 0 Å². The van der Waals surface area contributed by atoms with E-state index >= 15 is 0 Å². The van der Waals surface area contributed by atoms with Gasteiger partial charge in [0.2, 0.25) is 0 Å². The van der Waals surface area contributed by atoms with Crippen molar-refractivity contribution >= 4 is 7.82 Å². The van der Waals surface area contributed by atoms with Gasteiger partial charge in [0, 0.05) is 0 Å². The van der Waals surface area contributed by atoms with E-state index in [1.165, 1.54) is 109 Å². The average Bonchev–Trinajstić information content (AvgIpc) is 2.62. The first-order chi connectivity index (χ1) is 13.1. The summed E-state index contributed by atoms with van der Waals surface area (Å²) in [6.45, 7) is 2.32. The number of hydrogen-bond acceptors (Lipinski definition) is 4. The summed E-state index contributed by atoms with van der Waals surface area (Å²) >= 11 is 0. The van der Waals surface area contributed by atoms with E-state index in [4.69, 9.17) is 0 Å². The molecular weight excluding hydrogens is 387 g/mol. The molecule has 0 aliphatic heterocycles. The van der Waals surface area contributed by atoms with Crippen molar-refractivity contribution < 1.29 is 18.9 Å². The van der Waals surface area contributed by atoms with Crippen LogP contribution in [0.25, 0.3) is 0 Å². The highest BCUT2D eigenvalue weighted by molar-refractivity contribution is 7.43. The normalized spacial score (nSPS) is 11.1. The summed E-state index contributed by atoms with van der Waals surface area (Å²) in [7, 11) is -4.76. The minimum atomic E-state index is -4.76. The van der Waals surface area contributed by atoms with E-state index in [0.29, 0.717) is 6.42 Å². The number of rotatable bonds is 22. The molecule has 0 radical (unpaired) electrons. The molecule has 0 fully saturated rings. The third-order valence-corrected chi connectivity index (χ3v) is 5.75. The zero-order valence-electron chi connectivity index (χ0n) is 19.9. The predicted molar refractivity (Wildman–Crippen MR) is 124 cm³/mol.